The van der Waals surface area contributed by atoms with Gasteiger partial charge in [-0.1, -0.05) is 88.2 Å². The van der Waals surface area contributed by atoms with Crippen molar-refractivity contribution >= 4 is 25.7 Å². The molecule has 3 aromatic carbocycles. The Morgan fingerprint density at radius 1 is 0.900 bits per heavy atom. The van der Waals surface area contributed by atoms with E-state index in [-0.39, 0.29) is 16.7 Å². The highest BCUT2D eigenvalue weighted by atomic mass is 28.4. The smallest absolute Gasteiger partial charge is 0.255 e. The second kappa shape index (κ2) is 10.7. The zero-order chi connectivity index (χ0) is 28.6. The van der Waals surface area contributed by atoms with Gasteiger partial charge in [0.15, 0.2) is 19.7 Å². The molecule has 1 saturated carbocycles. The molecule has 2 fully saturated rings. The minimum absolute atomic E-state index is 0.0598. The van der Waals surface area contributed by atoms with Gasteiger partial charge in [0.05, 0.1) is 18.6 Å². The van der Waals surface area contributed by atoms with E-state index in [1.807, 2.05) is 78.9 Å². The molecule has 1 unspecified atom stereocenters. The molecule has 0 spiro atoms. The van der Waals surface area contributed by atoms with Gasteiger partial charge in [-0.05, 0) is 71.9 Å². The molecular formula is C34H41NO4Si. The van der Waals surface area contributed by atoms with Crippen molar-refractivity contribution in [3.05, 3.63) is 90.0 Å². The number of rotatable bonds is 9. The van der Waals surface area contributed by atoms with Gasteiger partial charge in [0.25, 0.3) is 5.91 Å². The lowest BCUT2D eigenvalue weighted by Crippen LogP contribution is -2.49. The van der Waals surface area contributed by atoms with Crippen molar-refractivity contribution in [1.29, 1.82) is 0 Å². The van der Waals surface area contributed by atoms with Crippen molar-refractivity contribution < 1.29 is 18.8 Å². The van der Waals surface area contributed by atoms with Gasteiger partial charge in [0.1, 0.15) is 0 Å². The molecular weight excluding hydrogens is 514 g/mol. The Morgan fingerprint density at radius 3 is 2.20 bits per heavy atom. The second-order valence-corrected chi connectivity index (χ2v) is 17.7. The predicted octanol–water partition coefficient (Wildman–Crippen LogP) is 7.78. The van der Waals surface area contributed by atoms with Crippen LogP contribution in [0.25, 0.3) is 11.1 Å². The molecule has 1 aliphatic carbocycles. The lowest BCUT2D eigenvalue weighted by atomic mass is 9.71. The van der Waals surface area contributed by atoms with Crippen LogP contribution in [-0.2, 0) is 19.4 Å². The number of epoxide rings is 1. The van der Waals surface area contributed by atoms with Gasteiger partial charge in [0.2, 0.25) is 0 Å². The summed E-state index contributed by atoms with van der Waals surface area (Å²) in [6.07, 6.45) is 3.56. The molecule has 1 aliphatic heterocycles. The lowest BCUT2D eigenvalue weighted by Gasteiger charge is -2.38. The van der Waals surface area contributed by atoms with Gasteiger partial charge in [-0.25, -0.2) is 0 Å². The first-order valence-electron chi connectivity index (χ1n) is 14.4. The van der Waals surface area contributed by atoms with Crippen molar-refractivity contribution in [1.82, 2.24) is 0 Å². The molecule has 0 radical (unpaired) electrons. The number of anilines is 1. The van der Waals surface area contributed by atoms with Crippen molar-refractivity contribution in [3.63, 3.8) is 0 Å². The van der Waals surface area contributed by atoms with Crippen LogP contribution in [0.2, 0.25) is 18.1 Å². The fourth-order valence-electron chi connectivity index (χ4n) is 5.51. The fourth-order valence-corrected chi connectivity index (χ4v) is 6.54. The van der Waals surface area contributed by atoms with E-state index >= 15 is 0 Å². The summed E-state index contributed by atoms with van der Waals surface area (Å²) in [7, 11) is -2.03. The predicted molar refractivity (Wildman–Crippen MR) is 163 cm³/mol. The molecule has 3 aromatic rings. The topological polar surface area (TPSA) is 67.9 Å². The van der Waals surface area contributed by atoms with Gasteiger partial charge in [-0.2, -0.15) is 0 Å². The molecule has 6 heteroatoms. The molecule has 1 atom stereocenters. The average molecular weight is 556 g/mol. The monoisotopic (exact) mass is 555 g/mol. The van der Waals surface area contributed by atoms with Crippen molar-refractivity contribution in [2.24, 2.45) is 0 Å². The molecule has 2 aliphatic rings. The molecule has 0 bridgehead atoms. The summed E-state index contributed by atoms with van der Waals surface area (Å²) in [4.78, 5) is 27.5. The first kappa shape index (κ1) is 28.5. The van der Waals surface area contributed by atoms with E-state index < -0.39 is 19.3 Å². The highest BCUT2D eigenvalue weighted by Crippen LogP contribution is 2.49. The molecule has 0 aromatic heterocycles. The van der Waals surface area contributed by atoms with Crippen LogP contribution in [0.5, 0.6) is 0 Å². The number of ether oxygens (including phenoxy) is 1. The SMILES string of the molecule is CC(C)(C)[Si](C)(C)OCC1(C(=O)C2(c3cccc(NC(=O)c4cccc(-c5ccccc5)c4)c3)CCCC2)CO1. The average Bonchev–Trinajstić information content (AvgIpc) is 3.58. The maximum Gasteiger partial charge on any atom is 0.255 e. The van der Waals surface area contributed by atoms with Gasteiger partial charge >= 0.3 is 0 Å². The highest BCUT2D eigenvalue weighted by Gasteiger charge is 2.61. The Morgan fingerprint density at radius 2 is 1.55 bits per heavy atom. The number of hydrogen-bond acceptors (Lipinski definition) is 4. The zero-order valence-corrected chi connectivity index (χ0v) is 25.4. The van der Waals surface area contributed by atoms with Crippen LogP contribution in [-0.4, -0.2) is 38.8 Å². The minimum Gasteiger partial charge on any atom is -0.413 e. The molecule has 1 saturated heterocycles. The summed E-state index contributed by atoms with van der Waals surface area (Å²) in [5.41, 5.74) is 2.80. The summed E-state index contributed by atoms with van der Waals surface area (Å²) in [5.74, 6) is -0.0401. The third-order valence-corrected chi connectivity index (χ3v) is 13.7. The number of benzene rings is 3. The van der Waals surface area contributed by atoms with E-state index in [1.54, 1.807) is 0 Å². The molecule has 210 valence electrons. The fraction of sp³-hybridized carbons (Fsp3) is 0.412. The second-order valence-electron chi connectivity index (χ2n) is 12.9. The summed E-state index contributed by atoms with van der Waals surface area (Å²) in [5, 5.41) is 3.13. The number of amides is 1. The molecule has 5 nitrogen and oxygen atoms in total. The summed E-state index contributed by atoms with van der Waals surface area (Å²) in [6, 6.07) is 25.5. The molecule has 5 rings (SSSR count). The standard InChI is InChI=1S/C34H41NO4Si/c1-32(2,3)40(4,5)39-24-34(23-38-34)31(37)33(19-9-10-20-33)28-17-12-18-29(22-28)35-30(36)27-16-11-15-26(21-27)25-13-7-6-8-14-25/h6-8,11-18,21-22H,9-10,19-20,23-24H2,1-5H3,(H,35,36). The first-order valence-corrected chi connectivity index (χ1v) is 17.3. The van der Waals surface area contributed by atoms with E-state index in [9.17, 15) is 9.59 Å². The van der Waals surface area contributed by atoms with Gasteiger partial charge in [-0.3, -0.25) is 9.59 Å². The van der Waals surface area contributed by atoms with Crippen molar-refractivity contribution in [2.75, 3.05) is 18.5 Å². The zero-order valence-electron chi connectivity index (χ0n) is 24.4. The molecule has 40 heavy (non-hydrogen) atoms. The van der Waals surface area contributed by atoms with E-state index in [0.717, 1.165) is 42.4 Å². The van der Waals surface area contributed by atoms with Crippen LogP contribution in [0.1, 0.15) is 62.4 Å². The number of Topliss-reactive ketones (excluding diaryl/α,β-unsaturated/α-hetero) is 1. The van der Waals surface area contributed by atoms with Gasteiger partial charge in [0, 0.05) is 11.3 Å². The highest BCUT2D eigenvalue weighted by molar-refractivity contribution is 6.74. The Labute approximate surface area is 239 Å². The molecule has 1 N–H and O–H groups in total. The number of ketones is 1. The quantitative estimate of drug-likeness (QED) is 0.216. The van der Waals surface area contributed by atoms with Crippen LogP contribution in [0.3, 0.4) is 0 Å². The number of carbonyl (C=O) groups excluding carboxylic acids is 2. The number of carbonyl (C=O) groups is 2. The van der Waals surface area contributed by atoms with Crippen LogP contribution in [0, 0.1) is 0 Å². The van der Waals surface area contributed by atoms with Crippen LogP contribution < -0.4 is 5.32 Å². The number of hydrogen-bond donors (Lipinski definition) is 1. The van der Waals surface area contributed by atoms with Crippen molar-refractivity contribution in [2.45, 2.75) is 75.6 Å². The molecule has 1 amide bonds. The maximum atomic E-state index is 14.3. The van der Waals surface area contributed by atoms with E-state index in [0.29, 0.717) is 24.5 Å². The normalized spacial score (nSPS) is 20.2. The number of nitrogens with one attached hydrogen (secondary N) is 1. The Bertz CT molecular complexity index is 1380. The van der Waals surface area contributed by atoms with Gasteiger partial charge < -0.3 is 14.5 Å². The van der Waals surface area contributed by atoms with E-state index in [2.05, 4.69) is 39.2 Å². The Hall–Kier alpha value is -3.06. The largest absolute Gasteiger partial charge is 0.413 e. The third kappa shape index (κ3) is 5.58. The van der Waals surface area contributed by atoms with E-state index in [1.165, 1.54) is 0 Å². The molecule has 1 heterocycles. The maximum absolute atomic E-state index is 14.3. The summed E-state index contributed by atoms with van der Waals surface area (Å²) < 4.78 is 12.4. The van der Waals surface area contributed by atoms with Crippen LogP contribution in [0.15, 0.2) is 78.9 Å². The third-order valence-electron chi connectivity index (χ3n) is 9.18. The first-order chi connectivity index (χ1) is 19.0. The Balaban J connectivity index is 1.36. The minimum atomic E-state index is -2.03. The summed E-state index contributed by atoms with van der Waals surface area (Å²) in [6.45, 7) is 11.8. The Kier molecular flexibility index (Phi) is 7.64. The summed E-state index contributed by atoms with van der Waals surface area (Å²) >= 11 is 0. The van der Waals surface area contributed by atoms with E-state index in [4.69, 9.17) is 9.16 Å². The van der Waals surface area contributed by atoms with Gasteiger partial charge in [-0.15, -0.1) is 0 Å². The van der Waals surface area contributed by atoms with Crippen molar-refractivity contribution in [3.8, 4) is 11.1 Å². The lowest BCUT2D eigenvalue weighted by molar-refractivity contribution is -0.131. The van der Waals surface area contributed by atoms with Crippen LogP contribution in [0.4, 0.5) is 5.69 Å². The van der Waals surface area contributed by atoms with Crippen LogP contribution >= 0.6 is 0 Å².